The van der Waals surface area contributed by atoms with Gasteiger partial charge >= 0.3 is 0 Å². The average molecular weight is 263 g/mol. The average Bonchev–Trinajstić information content (AvgIpc) is 2.37. The summed E-state index contributed by atoms with van der Waals surface area (Å²) >= 11 is 0. The standard InChI is InChI=1S/C16H25NO2/c1-4-17-12(2)13-8-9-16(18-3)14(10-13)11-19-15-6-5-7-15/h8-10,12,15,17H,4-7,11H2,1-3H3. The van der Waals surface area contributed by atoms with Gasteiger partial charge in [0.15, 0.2) is 0 Å². The molecule has 1 aromatic rings. The van der Waals surface area contributed by atoms with E-state index in [9.17, 15) is 0 Å². The Hall–Kier alpha value is -1.06. The van der Waals surface area contributed by atoms with Crippen molar-refractivity contribution in [1.82, 2.24) is 5.32 Å². The highest BCUT2D eigenvalue weighted by atomic mass is 16.5. The molecule has 0 aliphatic heterocycles. The van der Waals surface area contributed by atoms with Crippen molar-refractivity contribution in [3.8, 4) is 5.75 Å². The minimum absolute atomic E-state index is 0.360. The summed E-state index contributed by atoms with van der Waals surface area (Å²) in [5, 5.41) is 3.43. The topological polar surface area (TPSA) is 30.5 Å². The Morgan fingerprint density at radius 2 is 2.16 bits per heavy atom. The van der Waals surface area contributed by atoms with Crippen LogP contribution >= 0.6 is 0 Å². The fourth-order valence-electron chi connectivity index (χ4n) is 2.35. The van der Waals surface area contributed by atoms with Gasteiger partial charge in [-0.05, 0) is 50.4 Å². The van der Waals surface area contributed by atoms with Crippen molar-refractivity contribution in [1.29, 1.82) is 0 Å². The zero-order valence-corrected chi connectivity index (χ0v) is 12.2. The minimum atomic E-state index is 0.360. The molecule has 0 bridgehead atoms. The third kappa shape index (κ3) is 3.71. The third-order valence-corrected chi connectivity index (χ3v) is 3.84. The van der Waals surface area contributed by atoms with Gasteiger partial charge in [0, 0.05) is 11.6 Å². The van der Waals surface area contributed by atoms with Crippen LogP contribution in [0.25, 0.3) is 0 Å². The summed E-state index contributed by atoms with van der Waals surface area (Å²) in [5.41, 5.74) is 2.44. The largest absolute Gasteiger partial charge is 0.496 e. The van der Waals surface area contributed by atoms with Crippen LogP contribution in [0.2, 0.25) is 0 Å². The van der Waals surface area contributed by atoms with E-state index in [0.29, 0.717) is 18.8 Å². The van der Waals surface area contributed by atoms with Gasteiger partial charge in [0.1, 0.15) is 5.75 Å². The van der Waals surface area contributed by atoms with Crippen LogP contribution in [0.15, 0.2) is 18.2 Å². The molecule has 1 N–H and O–H groups in total. The Morgan fingerprint density at radius 1 is 1.37 bits per heavy atom. The first-order valence-corrected chi connectivity index (χ1v) is 7.26. The molecular formula is C16H25NO2. The molecule has 0 aromatic heterocycles. The first-order valence-electron chi connectivity index (χ1n) is 7.26. The Bertz CT molecular complexity index is 402. The van der Waals surface area contributed by atoms with Gasteiger partial charge in [0.2, 0.25) is 0 Å². The Labute approximate surface area is 116 Å². The molecule has 3 nitrogen and oxygen atoms in total. The van der Waals surface area contributed by atoms with E-state index in [1.807, 2.05) is 6.07 Å². The fraction of sp³-hybridized carbons (Fsp3) is 0.625. The van der Waals surface area contributed by atoms with Crippen molar-refractivity contribution in [3.63, 3.8) is 0 Å². The molecule has 1 aliphatic rings. The van der Waals surface area contributed by atoms with Crippen molar-refractivity contribution in [2.45, 2.75) is 51.9 Å². The Kier molecular flexibility index (Phi) is 5.23. The number of nitrogens with one attached hydrogen (secondary N) is 1. The van der Waals surface area contributed by atoms with E-state index >= 15 is 0 Å². The fourth-order valence-corrected chi connectivity index (χ4v) is 2.35. The van der Waals surface area contributed by atoms with Crippen molar-refractivity contribution < 1.29 is 9.47 Å². The highest BCUT2D eigenvalue weighted by Crippen LogP contribution is 2.27. The maximum atomic E-state index is 5.90. The Morgan fingerprint density at radius 3 is 2.74 bits per heavy atom. The molecule has 1 aromatic carbocycles. The second kappa shape index (κ2) is 6.92. The monoisotopic (exact) mass is 263 g/mol. The smallest absolute Gasteiger partial charge is 0.124 e. The van der Waals surface area contributed by atoms with E-state index in [-0.39, 0.29) is 0 Å². The molecule has 0 heterocycles. The summed E-state index contributed by atoms with van der Waals surface area (Å²) in [6.07, 6.45) is 4.17. The molecule has 1 atom stereocenters. The van der Waals surface area contributed by atoms with Crippen LogP contribution in [-0.2, 0) is 11.3 Å². The van der Waals surface area contributed by atoms with Gasteiger partial charge in [-0.2, -0.15) is 0 Å². The predicted octanol–water partition coefficient (Wildman–Crippen LogP) is 3.43. The van der Waals surface area contributed by atoms with Gasteiger partial charge in [0.25, 0.3) is 0 Å². The van der Waals surface area contributed by atoms with Gasteiger partial charge in [-0.25, -0.2) is 0 Å². The maximum Gasteiger partial charge on any atom is 0.124 e. The second-order valence-corrected chi connectivity index (χ2v) is 5.21. The lowest BCUT2D eigenvalue weighted by Crippen LogP contribution is -2.21. The summed E-state index contributed by atoms with van der Waals surface area (Å²) in [4.78, 5) is 0. The molecule has 3 heteroatoms. The lowest BCUT2D eigenvalue weighted by molar-refractivity contribution is -0.00937. The summed E-state index contributed by atoms with van der Waals surface area (Å²) in [7, 11) is 1.72. The molecule has 0 spiro atoms. The summed E-state index contributed by atoms with van der Waals surface area (Å²) in [5.74, 6) is 0.923. The van der Waals surface area contributed by atoms with Crippen molar-refractivity contribution in [2.24, 2.45) is 0 Å². The van der Waals surface area contributed by atoms with E-state index in [4.69, 9.17) is 9.47 Å². The first-order chi connectivity index (χ1) is 9.24. The number of methoxy groups -OCH3 is 1. The molecule has 0 amide bonds. The van der Waals surface area contributed by atoms with E-state index < -0.39 is 0 Å². The quantitative estimate of drug-likeness (QED) is 0.817. The maximum absolute atomic E-state index is 5.90. The molecular weight excluding hydrogens is 238 g/mol. The summed E-state index contributed by atoms with van der Waals surface area (Å²) in [6, 6.07) is 6.73. The molecule has 1 aliphatic carbocycles. The van der Waals surface area contributed by atoms with Crippen molar-refractivity contribution in [2.75, 3.05) is 13.7 Å². The number of rotatable bonds is 7. The van der Waals surface area contributed by atoms with E-state index in [0.717, 1.165) is 17.9 Å². The van der Waals surface area contributed by atoms with Gasteiger partial charge in [-0.15, -0.1) is 0 Å². The number of ether oxygens (including phenoxy) is 2. The molecule has 106 valence electrons. The first kappa shape index (κ1) is 14.4. The second-order valence-electron chi connectivity index (χ2n) is 5.21. The van der Waals surface area contributed by atoms with Crippen LogP contribution < -0.4 is 10.1 Å². The van der Waals surface area contributed by atoms with Crippen LogP contribution in [0.4, 0.5) is 0 Å². The van der Waals surface area contributed by atoms with E-state index in [1.165, 1.54) is 24.8 Å². The minimum Gasteiger partial charge on any atom is -0.496 e. The van der Waals surface area contributed by atoms with Crippen molar-refractivity contribution in [3.05, 3.63) is 29.3 Å². The highest BCUT2D eigenvalue weighted by Gasteiger charge is 2.18. The third-order valence-electron chi connectivity index (χ3n) is 3.84. The lowest BCUT2D eigenvalue weighted by atomic mass is 9.96. The SMILES string of the molecule is CCNC(C)c1ccc(OC)c(COC2CCC2)c1. The number of benzene rings is 1. The Balaban J connectivity index is 2.06. The van der Waals surface area contributed by atoms with E-state index in [2.05, 4.69) is 31.3 Å². The van der Waals surface area contributed by atoms with Crippen LogP contribution in [0.5, 0.6) is 5.75 Å². The molecule has 2 rings (SSSR count). The van der Waals surface area contributed by atoms with E-state index in [1.54, 1.807) is 7.11 Å². The van der Waals surface area contributed by atoms with Gasteiger partial charge in [-0.3, -0.25) is 0 Å². The van der Waals surface area contributed by atoms with Gasteiger partial charge in [0.05, 0.1) is 19.8 Å². The lowest BCUT2D eigenvalue weighted by Gasteiger charge is -2.26. The predicted molar refractivity (Wildman–Crippen MR) is 77.5 cm³/mol. The molecule has 1 saturated carbocycles. The van der Waals surface area contributed by atoms with Crippen LogP contribution in [0.1, 0.15) is 50.3 Å². The molecule has 19 heavy (non-hydrogen) atoms. The zero-order chi connectivity index (χ0) is 13.7. The normalized spacial score (nSPS) is 17.0. The molecule has 0 saturated heterocycles. The van der Waals surface area contributed by atoms with Crippen LogP contribution in [0, 0.1) is 0 Å². The molecule has 1 unspecified atom stereocenters. The van der Waals surface area contributed by atoms with Gasteiger partial charge in [-0.1, -0.05) is 13.0 Å². The van der Waals surface area contributed by atoms with Crippen LogP contribution in [0.3, 0.4) is 0 Å². The molecule has 1 fully saturated rings. The summed E-state index contributed by atoms with van der Waals surface area (Å²) in [6.45, 7) is 5.93. The number of hydrogen-bond donors (Lipinski definition) is 1. The van der Waals surface area contributed by atoms with Gasteiger partial charge < -0.3 is 14.8 Å². The number of hydrogen-bond acceptors (Lipinski definition) is 3. The van der Waals surface area contributed by atoms with Crippen LogP contribution in [-0.4, -0.2) is 19.8 Å². The highest BCUT2D eigenvalue weighted by molar-refractivity contribution is 5.38. The zero-order valence-electron chi connectivity index (χ0n) is 12.2. The van der Waals surface area contributed by atoms with Crippen molar-refractivity contribution >= 4 is 0 Å². The summed E-state index contributed by atoms with van der Waals surface area (Å²) < 4.78 is 11.3. The molecule has 0 radical (unpaired) electrons.